The second-order valence-electron chi connectivity index (χ2n) is 3.32. The number of benzene rings is 1. The maximum atomic E-state index is 5.46. The van der Waals surface area contributed by atoms with Gasteiger partial charge in [-0.05, 0) is 31.2 Å². The molecule has 15 heavy (non-hydrogen) atoms. The zero-order valence-electron chi connectivity index (χ0n) is 9.50. The average molecular weight is 209 g/mol. The lowest BCUT2D eigenvalue weighted by molar-refractivity contribution is 0.391. The Bertz CT molecular complexity index is 311. The minimum Gasteiger partial charge on any atom is -0.496 e. The second-order valence-corrected chi connectivity index (χ2v) is 3.32. The number of nitrogens with one attached hydrogen (secondary N) is 2. The number of aryl methyl sites for hydroxylation is 1. The molecule has 0 saturated carbocycles. The predicted molar refractivity (Wildman–Crippen MR) is 61.5 cm³/mol. The third-order valence-corrected chi connectivity index (χ3v) is 2.47. The predicted octanol–water partition coefficient (Wildman–Crippen LogP) is 0.939. The zero-order chi connectivity index (χ0) is 11.3. The van der Waals surface area contributed by atoms with Gasteiger partial charge in [-0.3, -0.25) is 5.84 Å². The highest BCUT2D eigenvalue weighted by Crippen LogP contribution is 2.24. The molecule has 1 aromatic rings. The van der Waals surface area contributed by atoms with Crippen LogP contribution in [0.15, 0.2) is 18.2 Å². The molecule has 0 spiro atoms. The topological polar surface area (TPSA) is 59.3 Å². The molecule has 0 aliphatic heterocycles. The van der Waals surface area contributed by atoms with Crippen molar-refractivity contribution in [3.63, 3.8) is 0 Å². The van der Waals surface area contributed by atoms with Crippen LogP contribution in [0, 0.1) is 0 Å². The van der Waals surface area contributed by atoms with E-state index in [2.05, 4.69) is 29.8 Å². The summed E-state index contributed by atoms with van der Waals surface area (Å²) in [5.74, 6) is 6.30. The van der Waals surface area contributed by atoms with Crippen molar-refractivity contribution in [3.05, 3.63) is 29.3 Å². The molecule has 1 atom stereocenters. The van der Waals surface area contributed by atoms with Crippen LogP contribution in [0.1, 0.15) is 24.2 Å². The Hall–Kier alpha value is -1.10. The van der Waals surface area contributed by atoms with Crippen molar-refractivity contribution in [1.82, 2.24) is 10.7 Å². The van der Waals surface area contributed by atoms with Gasteiger partial charge in [-0.2, -0.15) is 0 Å². The van der Waals surface area contributed by atoms with Gasteiger partial charge in [0.05, 0.1) is 13.3 Å². The second kappa shape index (κ2) is 5.70. The third-order valence-electron chi connectivity index (χ3n) is 2.47. The fraction of sp³-hybridized carbons (Fsp3) is 0.455. The van der Waals surface area contributed by atoms with E-state index in [1.807, 2.05) is 13.1 Å². The van der Waals surface area contributed by atoms with E-state index >= 15 is 0 Å². The standard InChI is InChI=1S/C11H19N3O/c1-4-8-5-6-10(15-3)9(7-8)11(13-2)14-12/h5-7,11,13-14H,4,12H2,1-3H3. The highest BCUT2D eigenvalue weighted by atomic mass is 16.5. The molecule has 0 aliphatic rings. The van der Waals surface area contributed by atoms with Crippen molar-refractivity contribution in [2.24, 2.45) is 5.84 Å². The van der Waals surface area contributed by atoms with Gasteiger partial charge >= 0.3 is 0 Å². The van der Waals surface area contributed by atoms with Gasteiger partial charge in [-0.25, -0.2) is 5.43 Å². The van der Waals surface area contributed by atoms with Gasteiger partial charge in [0.25, 0.3) is 0 Å². The number of nitrogens with two attached hydrogens (primary N) is 1. The van der Waals surface area contributed by atoms with E-state index in [4.69, 9.17) is 10.6 Å². The minimum absolute atomic E-state index is 0.0913. The number of hydrogen-bond donors (Lipinski definition) is 3. The Morgan fingerprint density at radius 2 is 2.20 bits per heavy atom. The molecule has 0 radical (unpaired) electrons. The normalized spacial score (nSPS) is 12.5. The van der Waals surface area contributed by atoms with Crippen LogP contribution in [0.25, 0.3) is 0 Å². The number of ether oxygens (including phenoxy) is 1. The first kappa shape index (κ1) is 12.0. The smallest absolute Gasteiger partial charge is 0.125 e. The quantitative estimate of drug-likeness (QED) is 0.384. The van der Waals surface area contributed by atoms with E-state index in [1.54, 1.807) is 7.11 Å². The largest absolute Gasteiger partial charge is 0.496 e. The lowest BCUT2D eigenvalue weighted by atomic mass is 10.1. The average Bonchev–Trinajstić information content (AvgIpc) is 2.30. The molecule has 4 nitrogen and oxygen atoms in total. The van der Waals surface area contributed by atoms with Gasteiger partial charge in [0.2, 0.25) is 0 Å². The van der Waals surface area contributed by atoms with Crippen molar-refractivity contribution in [1.29, 1.82) is 0 Å². The van der Waals surface area contributed by atoms with Crippen LogP contribution in [-0.2, 0) is 6.42 Å². The molecule has 84 valence electrons. The number of rotatable bonds is 5. The zero-order valence-corrected chi connectivity index (χ0v) is 9.50. The van der Waals surface area contributed by atoms with E-state index in [0.717, 1.165) is 17.7 Å². The molecule has 1 aromatic carbocycles. The summed E-state index contributed by atoms with van der Waals surface area (Å²) in [4.78, 5) is 0. The number of hydrogen-bond acceptors (Lipinski definition) is 4. The van der Waals surface area contributed by atoms with Crippen molar-refractivity contribution < 1.29 is 4.74 Å². The monoisotopic (exact) mass is 209 g/mol. The molecule has 4 heteroatoms. The molecule has 0 fully saturated rings. The Morgan fingerprint density at radius 3 is 2.67 bits per heavy atom. The van der Waals surface area contributed by atoms with Crippen LogP contribution in [0.5, 0.6) is 5.75 Å². The minimum atomic E-state index is -0.0913. The molecule has 0 aromatic heterocycles. The van der Waals surface area contributed by atoms with Crippen LogP contribution >= 0.6 is 0 Å². The van der Waals surface area contributed by atoms with Gasteiger partial charge in [0.15, 0.2) is 0 Å². The van der Waals surface area contributed by atoms with Crippen LogP contribution in [0.2, 0.25) is 0 Å². The summed E-state index contributed by atoms with van der Waals surface area (Å²) in [6.07, 6.45) is 0.907. The van der Waals surface area contributed by atoms with E-state index < -0.39 is 0 Å². The van der Waals surface area contributed by atoms with Crippen molar-refractivity contribution in [3.8, 4) is 5.75 Å². The van der Waals surface area contributed by atoms with Crippen molar-refractivity contribution in [2.75, 3.05) is 14.2 Å². The highest BCUT2D eigenvalue weighted by molar-refractivity contribution is 5.39. The van der Waals surface area contributed by atoms with Crippen molar-refractivity contribution >= 4 is 0 Å². The van der Waals surface area contributed by atoms with Crippen LogP contribution in [0.4, 0.5) is 0 Å². The maximum absolute atomic E-state index is 5.46. The maximum Gasteiger partial charge on any atom is 0.125 e. The van der Waals surface area contributed by atoms with Gasteiger partial charge < -0.3 is 10.1 Å². The van der Waals surface area contributed by atoms with E-state index in [9.17, 15) is 0 Å². The molecular formula is C11H19N3O. The Balaban J connectivity index is 3.09. The Kier molecular flexibility index (Phi) is 4.55. The van der Waals surface area contributed by atoms with Gasteiger partial charge in [0, 0.05) is 5.56 Å². The van der Waals surface area contributed by atoms with Gasteiger partial charge in [-0.15, -0.1) is 0 Å². The first-order valence-electron chi connectivity index (χ1n) is 5.07. The Morgan fingerprint density at radius 1 is 1.47 bits per heavy atom. The van der Waals surface area contributed by atoms with Crippen LogP contribution < -0.4 is 21.3 Å². The first-order chi connectivity index (χ1) is 7.26. The number of methoxy groups -OCH3 is 1. The first-order valence-corrected chi connectivity index (χ1v) is 5.07. The molecule has 0 bridgehead atoms. The molecule has 1 rings (SSSR count). The molecule has 0 aliphatic carbocycles. The van der Waals surface area contributed by atoms with Crippen molar-refractivity contribution in [2.45, 2.75) is 19.5 Å². The van der Waals surface area contributed by atoms with Gasteiger partial charge in [-0.1, -0.05) is 13.0 Å². The number of hydrazine groups is 1. The summed E-state index contributed by atoms with van der Waals surface area (Å²) in [5, 5.41) is 3.08. The summed E-state index contributed by atoms with van der Waals surface area (Å²) in [5.41, 5.74) is 5.00. The van der Waals surface area contributed by atoms with E-state index in [0.29, 0.717) is 0 Å². The molecule has 1 unspecified atom stereocenters. The fourth-order valence-corrected chi connectivity index (χ4v) is 1.56. The van der Waals surface area contributed by atoms with Crippen LogP contribution in [0.3, 0.4) is 0 Å². The summed E-state index contributed by atoms with van der Waals surface area (Å²) in [7, 11) is 3.51. The van der Waals surface area contributed by atoms with Gasteiger partial charge in [0.1, 0.15) is 5.75 Å². The van der Waals surface area contributed by atoms with Crippen LogP contribution in [-0.4, -0.2) is 14.2 Å². The molecule has 4 N–H and O–H groups in total. The molecule has 0 heterocycles. The third kappa shape index (κ3) is 2.68. The lowest BCUT2D eigenvalue weighted by Crippen LogP contribution is -2.36. The highest BCUT2D eigenvalue weighted by Gasteiger charge is 2.12. The summed E-state index contributed by atoms with van der Waals surface area (Å²) < 4.78 is 5.29. The lowest BCUT2D eigenvalue weighted by Gasteiger charge is -2.19. The Labute approximate surface area is 90.8 Å². The van der Waals surface area contributed by atoms with E-state index in [-0.39, 0.29) is 6.17 Å². The molecule has 0 amide bonds. The summed E-state index contributed by atoms with van der Waals surface area (Å²) >= 11 is 0. The fourth-order valence-electron chi connectivity index (χ4n) is 1.56. The SMILES string of the molecule is CCc1ccc(OC)c(C(NC)NN)c1. The summed E-state index contributed by atoms with van der Waals surface area (Å²) in [6, 6.07) is 6.13. The van der Waals surface area contributed by atoms with E-state index in [1.165, 1.54) is 5.56 Å². The summed E-state index contributed by atoms with van der Waals surface area (Å²) in [6.45, 7) is 2.12. The molecule has 0 saturated heterocycles. The molecular weight excluding hydrogens is 190 g/mol.